The van der Waals surface area contributed by atoms with E-state index in [0.29, 0.717) is 52.4 Å². The molecule has 2 aromatic rings. The maximum absolute atomic E-state index is 13.4. The molecule has 170 valence electrons. The van der Waals surface area contributed by atoms with Gasteiger partial charge in [0.05, 0.1) is 17.1 Å². The van der Waals surface area contributed by atoms with Crippen LogP contribution in [0.3, 0.4) is 0 Å². The van der Waals surface area contributed by atoms with Crippen LogP contribution < -0.4 is 10.5 Å². The van der Waals surface area contributed by atoms with Crippen molar-refractivity contribution in [1.29, 1.82) is 0 Å². The number of anilines is 1. The van der Waals surface area contributed by atoms with Gasteiger partial charge < -0.3 is 10.0 Å². The number of thioether (sulfide) groups is 1. The lowest BCUT2D eigenvalue weighted by molar-refractivity contribution is -0.122. The highest BCUT2D eigenvalue weighted by Crippen LogP contribution is 2.34. The van der Waals surface area contributed by atoms with E-state index < -0.39 is 0 Å². The number of aromatic nitrogens is 2. The van der Waals surface area contributed by atoms with Crippen LogP contribution in [0.25, 0.3) is 11.7 Å². The van der Waals surface area contributed by atoms with Gasteiger partial charge in [-0.25, -0.2) is 4.98 Å². The quantitative estimate of drug-likeness (QED) is 0.501. The van der Waals surface area contributed by atoms with Gasteiger partial charge in [-0.05, 0) is 24.1 Å². The molecule has 2 aliphatic heterocycles. The molecular formula is C22H27N5O3S2. The smallest absolute Gasteiger partial charge is 0.267 e. The maximum atomic E-state index is 13.4. The van der Waals surface area contributed by atoms with Crippen LogP contribution in [0.15, 0.2) is 34.1 Å². The number of carbonyl (C=O) groups is 1. The van der Waals surface area contributed by atoms with Crippen LogP contribution in [0, 0.1) is 5.92 Å². The normalized spacial score (nSPS) is 19.2. The van der Waals surface area contributed by atoms with Crippen molar-refractivity contribution in [3.05, 3.63) is 45.2 Å². The third kappa shape index (κ3) is 4.59. The van der Waals surface area contributed by atoms with Crippen LogP contribution in [0.2, 0.25) is 0 Å². The van der Waals surface area contributed by atoms with E-state index in [1.807, 2.05) is 19.9 Å². The van der Waals surface area contributed by atoms with E-state index in [1.54, 1.807) is 29.3 Å². The summed E-state index contributed by atoms with van der Waals surface area (Å²) in [5.74, 6) is 0.708. The molecule has 0 aromatic carbocycles. The van der Waals surface area contributed by atoms with E-state index in [1.165, 1.54) is 16.2 Å². The lowest BCUT2D eigenvalue weighted by atomic mass is 10.2. The van der Waals surface area contributed by atoms with E-state index >= 15 is 0 Å². The average Bonchev–Trinajstić information content (AvgIpc) is 3.03. The number of pyridine rings is 1. The molecule has 2 aliphatic rings. The molecule has 0 bridgehead atoms. The molecule has 4 heterocycles. The molecule has 10 heteroatoms. The summed E-state index contributed by atoms with van der Waals surface area (Å²) in [6.07, 6.45) is 3.35. The van der Waals surface area contributed by atoms with E-state index in [0.717, 1.165) is 13.1 Å². The fourth-order valence-electron chi connectivity index (χ4n) is 3.94. The number of rotatable bonds is 6. The molecule has 2 saturated heterocycles. The Bertz CT molecular complexity index is 1120. The van der Waals surface area contributed by atoms with Gasteiger partial charge in [0.2, 0.25) is 0 Å². The second-order valence-corrected chi connectivity index (χ2v) is 10.00. The average molecular weight is 474 g/mol. The zero-order valence-electron chi connectivity index (χ0n) is 18.2. The Balaban J connectivity index is 1.75. The highest BCUT2D eigenvalue weighted by atomic mass is 32.2. The van der Waals surface area contributed by atoms with Crippen molar-refractivity contribution < 1.29 is 9.90 Å². The van der Waals surface area contributed by atoms with E-state index in [4.69, 9.17) is 17.2 Å². The van der Waals surface area contributed by atoms with Crippen molar-refractivity contribution in [3.63, 3.8) is 0 Å². The first kappa shape index (κ1) is 22.9. The lowest BCUT2D eigenvalue weighted by Crippen LogP contribution is -2.48. The number of carbonyl (C=O) groups excluding carboxylic acids is 1. The Labute approximate surface area is 196 Å². The van der Waals surface area contributed by atoms with Crippen molar-refractivity contribution in [2.75, 3.05) is 50.8 Å². The molecule has 8 nitrogen and oxygen atoms in total. The number of aliphatic hydroxyl groups excluding tert-OH is 1. The van der Waals surface area contributed by atoms with Gasteiger partial charge in [-0.1, -0.05) is 43.9 Å². The van der Waals surface area contributed by atoms with Crippen LogP contribution >= 0.6 is 24.0 Å². The molecule has 0 radical (unpaired) electrons. The van der Waals surface area contributed by atoms with Crippen molar-refractivity contribution in [2.45, 2.75) is 13.8 Å². The summed E-state index contributed by atoms with van der Waals surface area (Å²) in [5, 5.41) is 9.21. The molecule has 0 aliphatic carbocycles. The molecule has 2 fully saturated rings. The van der Waals surface area contributed by atoms with E-state index in [-0.39, 0.29) is 24.0 Å². The van der Waals surface area contributed by atoms with Gasteiger partial charge in [-0.3, -0.25) is 23.8 Å². The second-order valence-electron chi connectivity index (χ2n) is 8.32. The first-order valence-corrected chi connectivity index (χ1v) is 12.0. The largest absolute Gasteiger partial charge is 0.395 e. The summed E-state index contributed by atoms with van der Waals surface area (Å²) >= 11 is 6.66. The maximum Gasteiger partial charge on any atom is 0.267 e. The second kappa shape index (κ2) is 9.70. The van der Waals surface area contributed by atoms with Crippen LogP contribution in [-0.4, -0.2) is 80.4 Å². The first-order chi connectivity index (χ1) is 15.4. The minimum absolute atomic E-state index is 0.124. The number of fused-ring (bicyclic) bond motifs is 1. The number of hydrogen-bond acceptors (Lipinski definition) is 8. The topological polar surface area (TPSA) is 81.4 Å². The molecule has 0 spiro atoms. The molecule has 0 saturated carbocycles. The van der Waals surface area contributed by atoms with Gasteiger partial charge in [0, 0.05) is 45.5 Å². The van der Waals surface area contributed by atoms with Crippen molar-refractivity contribution in [1.82, 2.24) is 19.2 Å². The van der Waals surface area contributed by atoms with Gasteiger partial charge in [0.1, 0.15) is 15.8 Å². The van der Waals surface area contributed by atoms with Crippen LogP contribution in [-0.2, 0) is 4.79 Å². The molecule has 0 unspecified atom stereocenters. The summed E-state index contributed by atoms with van der Waals surface area (Å²) in [7, 11) is 0. The Kier molecular flexibility index (Phi) is 6.94. The number of amides is 1. The molecule has 0 atom stereocenters. The fraction of sp³-hybridized carbons (Fsp3) is 0.455. The third-order valence-electron chi connectivity index (χ3n) is 5.53. The Hall–Kier alpha value is -2.27. The van der Waals surface area contributed by atoms with Gasteiger partial charge in [-0.15, -0.1) is 0 Å². The van der Waals surface area contributed by atoms with Gasteiger partial charge in [0.25, 0.3) is 11.5 Å². The number of aliphatic hydroxyl groups is 1. The number of hydrogen-bond donors (Lipinski definition) is 1. The first-order valence-electron chi connectivity index (χ1n) is 10.7. The monoisotopic (exact) mass is 473 g/mol. The lowest BCUT2D eigenvalue weighted by Gasteiger charge is -2.35. The van der Waals surface area contributed by atoms with E-state index in [2.05, 4.69) is 9.80 Å². The summed E-state index contributed by atoms with van der Waals surface area (Å²) < 4.78 is 2.02. The zero-order valence-corrected chi connectivity index (χ0v) is 19.9. The molecule has 32 heavy (non-hydrogen) atoms. The van der Waals surface area contributed by atoms with Crippen molar-refractivity contribution in [2.24, 2.45) is 5.92 Å². The summed E-state index contributed by atoms with van der Waals surface area (Å²) in [4.78, 5) is 37.6. The predicted octanol–water partition coefficient (Wildman–Crippen LogP) is 1.67. The number of piperazine rings is 1. The predicted molar refractivity (Wildman–Crippen MR) is 132 cm³/mol. The summed E-state index contributed by atoms with van der Waals surface area (Å²) in [5.41, 5.74) is 0.752. The number of nitrogens with zero attached hydrogens (tertiary/aromatic N) is 5. The highest BCUT2D eigenvalue weighted by molar-refractivity contribution is 8.26. The molecular weight excluding hydrogens is 446 g/mol. The molecule has 1 amide bonds. The minimum Gasteiger partial charge on any atom is -0.395 e. The van der Waals surface area contributed by atoms with Crippen molar-refractivity contribution >= 4 is 51.7 Å². The van der Waals surface area contributed by atoms with Gasteiger partial charge >= 0.3 is 0 Å². The summed E-state index contributed by atoms with van der Waals surface area (Å²) in [6.45, 7) is 8.29. The third-order valence-corrected chi connectivity index (χ3v) is 6.91. The summed E-state index contributed by atoms with van der Waals surface area (Å²) in [6, 6.07) is 5.44. The standard InChI is InChI=1S/C22H27N5O3S2/c1-15(2)14-27-21(30)17(32-22(27)31)13-16-19(25-9-7-24(8-10-25)11-12-28)23-18-5-3-4-6-26(18)20(16)29/h3-6,13,15,28H,7-12,14H2,1-2H3/b17-13-. The zero-order chi connectivity index (χ0) is 22.8. The van der Waals surface area contributed by atoms with Crippen LogP contribution in [0.1, 0.15) is 19.4 Å². The molecule has 2 aromatic heterocycles. The number of β-amino-alcohol motifs (C(OH)–C–C–N with tert-alkyl or cyclic N) is 1. The Morgan fingerprint density at radius 3 is 2.66 bits per heavy atom. The molecule has 1 N–H and O–H groups in total. The Morgan fingerprint density at radius 2 is 1.97 bits per heavy atom. The van der Waals surface area contributed by atoms with E-state index in [9.17, 15) is 14.7 Å². The fourth-order valence-corrected chi connectivity index (χ4v) is 5.19. The Morgan fingerprint density at radius 1 is 1.22 bits per heavy atom. The van der Waals surface area contributed by atoms with Crippen LogP contribution in [0.4, 0.5) is 5.82 Å². The van der Waals surface area contributed by atoms with Crippen molar-refractivity contribution in [3.8, 4) is 0 Å². The van der Waals surface area contributed by atoms with Gasteiger partial charge in [0.15, 0.2) is 0 Å². The minimum atomic E-state index is -0.211. The SMILES string of the molecule is CC(C)CN1C(=O)/C(=C/c2c(N3CCN(CCO)CC3)nc3ccccn3c2=O)SC1=S. The van der Waals surface area contributed by atoms with Crippen LogP contribution in [0.5, 0.6) is 0 Å². The number of thiocarbonyl (C=S) groups is 1. The van der Waals surface area contributed by atoms with Gasteiger partial charge in [-0.2, -0.15) is 0 Å². The molecule has 4 rings (SSSR count). The highest BCUT2D eigenvalue weighted by Gasteiger charge is 2.33.